The van der Waals surface area contributed by atoms with E-state index < -0.39 is 0 Å². The summed E-state index contributed by atoms with van der Waals surface area (Å²) in [5, 5.41) is 1.05. The summed E-state index contributed by atoms with van der Waals surface area (Å²) in [6, 6.07) is 10.5. The number of rotatable bonds is 3. The molecule has 0 bridgehead atoms. The summed E-state index contributed by atoms with van der Waals surface area (Å²) < 4.78 is 0. The summed E-state index contributed by atoms with van der Waals surface area (Å²) >= 11 is 0. The van der Waals surface area contributed by atoms with Crippen molar-refractivity contribution in [3.05, 3.63) is 59.7 Å². The van der Waals surface area contributed by atoms with Crippen LogP contribution < -0.4 is 4.90 Å². The van der Waals surface area contributed by atoms with Crippen LogP contribution in [0.4, 0.5) is 5.82 Å². The van der Waals surface area contributed by atoms with Crippen molar-refractivity contribution >= 4 is 22.6 Å². The Morgan fingerprint density at radius 1 is 1.07 bits per heavy atom. The molecule has 4 heterocycles. The van der Waals surface area contributed by atoms with E-state index in [-0.39, 0.29) is 0 Å². The number of aryl methyl sites for hydroxylation is 1. The Balaban J connectivity index is 1.21. The molecule has 0 radical (unpaired) electrons. The first-order valence-corrected chi connectivity index (χ1v) is 10.9. The van der Waals surface area contributed by atoms with Gasteiger partial charge in [-0.05, 0) is 49.3 Å². The molecule has 0 spiro atoms. The van der Waals surface area contributed by atoms with Crippen LogP contribution in [-0.4, -0.2) is 45.4 Å². The molecule has 1 saturated heterocycles. The van der Waals surface area contributed by atoms with Crippen LogP contribution in [-0.2, 0) is 17.8 Å². The van der Waals surface area contributed by atoms with Gasteiger partial charge < -0.3 is 9.80 Å². The smallest absolute Gasteiger partial charge is 0.223 e. The van der Waals surface area contributed by atoms with Crippen LogP contribution in [0.1, 0.15) is 36.2 Å². The van der Waals surface area contributed by atoms with E-state index >= 15 is 0 Å². The van der Waals surface area contributed by atoms with Crippen LogP contribution in [0.3, 0.4) is 0 Å². The van der Waals surface area contributed by atoms with Crippen molar-refractivity contribution in [1.29, 1.82) is 0 Å². The second-order valence-electron chi connectivity index (χ2n) is 8.46. The first-order chi connectivity index (χ1) is 14.7. The molecule has 2 aliphatic rings. The first-order valence-electron chi connectivity index (χ1n) is 10.9. The zero-order valence-electron chi connectivity index (χ0n) is 17.4. The molecule has 1 fully saturated rings. The molecule has 6 heteroatoms. The second kappa shape index (κ2) is 8.01. The summed E-state index contributed by atoms with van der Waals surface area (Å²) in [7, 11) is 0. The molecule has 0 saturated carbocycles. The number of benzene rings is 1. The van der Waals surface area contributed by atoms with Gasteiger partial charge in [0, 0.05) is 44.2 Å². The van der Waals surface area contributed by atoms with E-state index in [1.54, 1.807) is 12.4 Å². The van der Waals surface area contributed by atoms with Gasteiger partial charge in [0.2, 0.25) is 5.91 Å². The molecule has 0 atom stereocenters. The van der Waals surface area contributed by atoms with Gasteiger partial charge in [0.05, 0.1) is 11.7 Å². The van der Waals surface area contributed by atoms with Crippen LogP contribution in [0, 0.1) is 12.8 Å². The van der Waals surface area contributed by atoms with Gasteiger partial charge >= 0.3 is 0 Å². The van der Waals surface area contributed by atoms with Gasteiger partial charge in [-0.25, -0.2) is 9.97 Å². The highest BCUT2D eigenvalue weighted by atomic mass is 16.2. The lowest BCUT2D eigenvalue weighted by molar-refractivity contribution is -0.133. The van der Waals surface area contributed by atoms with Gasteiger partial charge in [-0.1, -0.05) is 24.3 Å². The Kier molecular flexibility index (Phi) is 5.07. The maximum atomic E-state index is 12.9. The van der Waals surface area contributed by atoms with Crippen LogP contribution >= 0.6 is 0 Å². The number of piperidine rings is 1. The predicted octanol–water partition coefficient (Wildman–Crippen LogP) is 3.52. The van der Waals surface area contributed by atoms with Crippen molar-refractivity contribution in [1.82, 2.24) is 19.9 Å². The van der Waals surface area contributed by atoms with Crippen LogP contribution in [0.2, 0.25) is 0 Å². The summed E-state index contributed by atoms with van der Waals surface area (Å²) in [6.45, 7) is 5.38. The normalized spacial score (nSPS) is 17.2. The molecule has 6 nitrogen and oxygen atoms in total. The molecule has 5 rings (SSSR count). The molecule has 154 valence electrons. The van der Waals surface area contributed by atoms with Crippen molar-refractivity contribution in [2.24, 2.45) is 5.92 Å². The number of carbonyl (C=O) groups excluding carboxylic acids is 1. The zero-order chi connectivity index (χ0) is 20.5. The van der Waals surface area contributed by atoms with Crippen molar-refractivity contribution in [3.8, 4) is 0 Å². The molecular formula is C24H27N5O. The van der Waals surface area contributed by atoms with E-state index in [1.807, 2.05) is 17.9 Å². The van der Waals surface area contributed by atoms with Gasteiger partial charge in [0.15, 0.2) is 0 Å². The second-order valence-corrected chi connectivity index (χ2v) is 8.46. The van der Waals surface area contributed by atoms with Crippen LogP contribution in [0.15, 0.2) is 42.7 Å². The van der Waals surface area contributed by atoms with Gasteiger partial charge in [0.1, 0.15) is 11.6 Å². The lowest BCUT2D eigenvalue weighted by Crippen LogP contribution is -2.39. The number of carbonyl (C=O) groups is 1. The van der Waals surface area contributed by atoms with Crippen molar-refractivity contribution in [2.75, 3.05) is 24.5 Å². The Morgan fingerprint density at radius 3 is 2.70 bits per heavy atom. The fourth-order valence-corrected chi connectivity index (χ4v) is 4.75. The van der Waals surface area contributed by atoms with Gasteiger partial charge in [0.25, 0.3) is 0 Å². The average molecular weight is 402 g/mol. The summed E-state index contributed by atoms with van der Waals surface area (Å²) in [5.74, 6) is 2.52. The molecule has 2 aliphatic heterocycles. The molecular weight excluding hydrogens is 374 g/mol. The molecule has 1 amide bonds. The number of fused-ring (bicyclic) bond motifs is 2. The lowest BCUT2D eigenvalue weighted by atomic mass is 9.92. The van der Waals surface area contributed by atoms with E-state index in [0.717, 1.165) is 68.0 Å². The Hall–Kier alpha value is -3.02. The van der Waals surface area contributed by atoms with Crippen molar-refractivity contribution < 1.29 is 4.79 Å². The average Bonchev–Trinajstić information content (AvgIpc) is 2.78. The number of anilines is 1. The first kappa shape index (κ1) is 19.0. The zero-order valence-corrected chi connectivity index (χ0v) is 17.4. The van der Waals surface area contributed by atoms with E-state index in [9.17, 15) is 4.79 Å². The highest BCUT2D eigenvalue weighted by molar-refractivity contribution is 5.88. The minimum absolute atomic E-state index is 0.303. The largest absolute Gasteiger partial charge is 0.356 e. The molecule has 3 aromatic rings. The number of pyridine rings is 1. The van der Waals surface area contributed by atoms with Gasteiger partial charge in [-0.15, -0.1) is 0 Å². The third kappa shape index (κ3) is 3.74. The Morgan fingerprint density at radius 2 is 1.87 bits per heavy atom. The number of amides is 1. The standard InChI is InChI=1S/C24H27N5O/c1-17-26-22-15-25-10-6-21(22)24(27-17)28-11-7-18(8-12-28)14-23(30)29-13-9-19-4-2-3-5-20(19)16-29/h2-6,10,15,18H,7-9,11-14,16H2,1H3. The van der Waals surface area contributed by atoms with E-state index in [0.29, 0.717) is 18.2 Å². The molecule has 0 aliphatic carbocycles. The fraction of sp³-hybridized carbons (Fsp3) is 0.417. The molecule has 30 heavy (non-hydrogen) atoms. The van der Waals surface area contributed by atoms with Crippen molar-refractivity contribution in [3.63, 3.8) is 0 Å². The summed E-state index contributed by atoms with van der Waals surface area (Å²) in [6.07, 6.45) is 7.26. The van der Waals surface area contributed by atoms with Crippen molar-refractivity contribution in [2.45, 2.75) is 39.2 Å². The van der Waals surface area contributed by atoms with E-state index in [4.69, 9.17) is 4.98 Å². The third-order valence-corrected chi connectivity index (χ3v) is 6.45. The monoisotopic (exact) mass is 401 g/mol. The maximum Gasteiger partial charge on any atom is 0.223 e. The highest BCUT2D eigenvalue weighted by Crippen LogP contribution is 2.29. The van der Waals surface area contributed by atoms with Gasteiger partial charge in [-0.3, -0.25) is 9.78 Å². The quantitative estimate of drug-likeness (QED) is 0.672. The number of nitrogens with zero attached hydrogens (tertiary/aromatic N) is 5. The molecule has 2 aromatic heterocycles. The molecule has 0 N–H and O–H groups in total. The maximum absolute atomic E-state index is 12.9. The Bertz CT molecular complexity index is 1070. The number of aromatic nitrogens is 3. The Labute approximate surface area is 177 Å². The SMILES string of the molecule is Cc1nc(N2CCC(CC(=O)N3CCc4ccccc4C3)CC2)c2ccncc2n1. The predicted molar refractivity (Wildman–Crippen MR) is 117 cm³/mol. The lowest BCUT2D eigenvalue weighted by Gasteiger charge is -2.35. The number of hydrogen-bond acceptors (Lipinski definition) is 5. The minimum Gasteiger partial charge on any atom is -0.356 e. The minimum atomic E-state index is 0.303. The summed E-state index contributed by atoms with van der Waals surface area (Å²) in [5.41, 5.74) is 3.58. The topological polar surface area (TPSA) is 62.2 Å². The highest BCUT2D eigenvalue weighted by Gasteiger charge is 2.27. The van der Waals surface area contributed by atoms with E-state index in [2.05, 4.69) is 39.1 Å². The van der Waals surface area contributed by atoms with E-state index in [1.165, 1.54) is 11.1 Å². The van der Waals surface area contributed by atoms with Gasteiger partial charge in [-0.2, -0.15) is 0 Å². The van der Waals surface area contributed by atoms with Crippen LogP contribution in [0.25, 0.3) is 10.9 Å². The third-order valence-electron chi connectivity index (χ3n) is 6.45. The fourth-order valence-electron chi connectivity index (χ4n) is 4.75. The number of hydrogen-bond donors (Lipinski definition) is 0. The summed E-state index contributed by atoms with van der Waals surface area (Å²) in [4.78, 5) is 30.7. The van der Waals surface area contributed by atoms with Crippen LogP contribution in [0.5, 0.6) is 0 Å². The molecule has 0 unspecified atom stereocenters. The molecule has 1 aromatic carbocycles.